The lowest BCUT2D eigenvalue weighted by Gasteiger charge is -2.18. The number of fused-ring (bicyclic) bond motifs is 1. The molecule has 182 valence electrons. The van der Waals surface area contributed by atoms with Crippen molar-refractivity contribution in [3.63, 3.8) is 0 Å². The Morgan fingerprint density at radius 1 is 1.26 bits per heavy atom. The van der Waals surface area contributed by atoms with Crippen LogP contribution in [-0.4, -0.2) is 52.3 Å². The average Bonchev–Trinajstić information content (AvgIpc) is 3.17. The van der Waals surface area contributed by atoms with Crippen LogP contribution >= 0.6 is 0 Å². The van der Waals surface area contributed by atoms with Gasteiger partial charge in [0.15, 0.2) is 0 Å². The predicted molar refractivity (Wildman–Crippen MR) is 122 cm³/mol. The van der Waals surface area contributed by atoms with Crippen LogP contribution in [0.2, 0.25) is 0 Å². The van der Waals surface area contributed by atoms with Crippen molar-refractivity contribution in [1.29, 1.82) is 0 Å². The summed E-state index contributed by atoms with van der Waals surface area (Å²) in [6.07, 6.45) is 5.63. The van der Waals surface area contributed by atoms with Gasteiger partial charge in [0.25, 0.3) is 5.56 Å². The predicted octanol–water partition coefficient (Wildman–Crippen LogP) is 0.904. The summed E-state index contributed by atoms with van der Waals surface area (Å²) < 4.78 is 51.4. The van der Waals surface area contributed by atoms with Crippen molar-refractivity contribution in [3.8, 4) is 0 Å². The van der Waals surface area contributed by atoms with E-state index in [2.05, 4.69) is 9.82 Å². The zero-order valence-electron chi connectivity index (χ0n) is 18.7. The third-order valence-electron chi connectivity index (χ3n) is 6.48. The molecular formula is C22H26FN5O5S. The van der Waals surface area contributed by atoms with Gasteiger partial charge in [0.1, 0.15) is 6.67 Å². The van der Waals surface area contributed by atoms with E-state index in [9.17, 15) is 22.4 Å². The van der Waals surface area contributed by atoms with E-state index in [0.29, 0.717) is 30.5 Å². The minimum absolute atomic E-state index is 0.00679. The summed E-state index contributed by atoms with van der Waals surface area (Å²) in [6, 6.07) is 4.07. The smallest absolute Gasteiger partial charge is 0.331 e. The average molecular weight is 492 g/mol. The Hall–Kier alpha value is -2.83. The molecule has 1 saturated carbocycles. The number of hydrogen-bond acceptors (Lipinski definition) is 6. The lowest BCUT2D eigenvalue weighted by atomic mass is 10.2. The molecule has 0 radical (unpaired) electrons. The van der Waals surface area contributed by atoms with Crippen molar-refractivity contribution in [3.05, 3.63) is 57.0 Å². The molecular weight excluding hydrogens is 465 g/mol. The molecule has 0 amide bonds. The number of aromatic nitrogens is 4. The minimum Gasteiger partial charge on any atom is -0.376 e. The lowest BCUT2D eigenvalue weighted by Crippen LogP contribution is -2.42. The Labute approximate surface area is 195 Å². The molecule has 5 rings (SSSR count). The van der Waals surface area contributed by atoms with E-state index in [-0.39, 0.29) is 29.5 Å². The van der Waals surface area contributed by atoms with Crippen LogP contribution in [0.15, 0.2) is 45.1 Å². The summed E-state index contributed by atoms with van der Waals surface area (Å²) in [6.45, 7) is 0.0564. The normalized spacial score (nSPS) is 19.6. The van der Waals surface area contributed by atoms with Gasteiger partial charge in [-0.2, -0.15) is 5.10 Å². The van der Waals surface area contributed by atoms with Crippen LogP contribution in [0.4, 0.5) is 4.39 Å². The molecule has 10 nitrogen and oxygen atoms in total. The van der Waals surface area contributed by atoms with Crippen LogP contribution in [0.1, 0.15) is 31.2 Å². The Bertz CT molecular complexity index is 1470. The number of hydrogen-bond donors (Lipinski definition) is 1. The second kappa shape index (κ2) is 8.43. The molecule has 2 fully saturated rings. The van der Waals surface area contributed by atoms with Crippen LogP contribution in [0.25, 0.3) is 10.9 Å². The van der Waals surface area contributed by atoms with E-state index in [1.165, 1.54) is 22.8 Å². The molecule has 3 heterocycles. The van der Waals surface area contributed by atoms with E-state index in [1.54, 1.807) is 24.1 Å². The highest BCUT2D eigenvalue weighted by atomic mass is 32.2. The molecule has 1 aromatic carbocycles. The maximum absolute atomic E-state index is 13.4. The van der Waals surface area contributed by atoms with Crippen molar-refractivity contribution < 1.29 is 17.5 Å². The number of halogens is 1. The Kier molecular flexibility index (Phi) is 5.69. The molecule has 2 aromatic heterocycles. The van der Waals surface area contributed by atoms with Gasteiger partial charge in [-0.25, -0.2) is 22.3 Å². The first kappa shape index (κ1) is 22.9. The molecule has 1 atom stereocenters. The molecule has 1 unspecified atom stereocenters. The van der Waals surface area contributed by atoms with Crippen LogP contribution in [0.3, 0.4) is 0 Å². The number of benzene rings is 1. The molecule has 1 saturated heterocycles. The summed E-state index contributed by atoms with van der Waals surface area (Å²) in [5.74, 6) is 0. The number of nitrogens with one attached hydrogen (secondary N) is 1. The van der Waals surface area contributed by atoms with Crippen molar-refractivity contribution in [2.24, 2.45) is 7.05 Å². The summed E-state index contributed by atoms with van der Waals surface area (Å²) in [5, 5.41) is 4.18. The molecule has 1 aliphatic carbocycles. The fraction of sp³-hybridized carbons (Fsp3) is 0.500. The monoisotopic (exact) mass is 491 g/mol. The summed E-state index contributed by atoms with van der Waals surface area (Å²) in [7, 11) is -2.32. The van der Waals surface area contributed by atoms with E-state index >= 15 is 0 Å². The van der Waals surface area contributed by atoms with Crippen molar-refractivity contribution in [1.82, 2.24) is 23.6 Å². The molecule has 3 aromatic rings. The van der Waals surface area contributed by atoms with Crippen molar-refractivity contribution in [2.75, 3.05) is 13.3 Å². The Morgan fingerprint density at radius 3 is 2.68 bits per heavy atom. The highest BCUT2D eigenvalue weighted by Gasteiger charge is 2.46. The summed E-state index contributed by atoms with van der Waals surface area (Å²) in [5.41, 5.74) is -1.17. The van der Waals surface area contributed by atoms with Crippen molar-refractivity contribution in [2.45, 2.75) is 55.3 Å². The Morgan fingerprint density at radius 2 is 2.06 bits per heavy atom. The highest BCUT2D eigenvalue weighted by molar-refractivity contribution is 7.89. The minimum atomic E-state index is -4.05. The maximum atomic E-state index is 13.4. The molecule has 2 aliphatic rings. The van der Waals surface area contributed by atoms with Gasteiger partial charge < -0.3 is 4.74 Å². The van der Waals surface area contributed by atoms with Gasteiger partial charge in [-0.05, 0) is 43.9 Å². The number of aryl methyl sites for hydroxylation is 1. The first-order valence-corrected chi connectivity index (χ1v) is 12.7. The first-order chi connectivity index (χ1) is 16.2. The summed E-state index contributed by atoms with van der Waals surface area (Å²) >= 11 is 0. The van der Waals surface area contributed by atoms with Gasteiger partial charge in [0.05, 0.1) is 46.7 Å². The van der Waals surface area contributed by atoms with Gasteiger partial charge in [0.2, 0.25) is 10.0 Å². The first-order valence-electron chi connectivity index (χ1n) is 11.2. The number of alkyl halides is 1. The summed E-state index contributed by atoms with van der Waals surface area (Å²) in [4.78, 5) is 26.6. The third-order valence-corrected chi connectivity index (χ3v) is 8.05. The van der Waals surface area contributed by atoms with Crippen LogP contribution < -0.4 is 16.0 Å². The van der Waals surface area contributed by atoms with E-state index < -0.39 is 33.5 Å². The Balaban J connectivity index is 1.64. The van der Waals surface area contributed by atoms with Crippen LogP contribution in [0.5, 0.6) is 0 Å². The number of sulfonamides is 1. The topological polar surface area (TPSA) is 117 Å². The molecule has 12 heteroatoms. The van der Waals surface area contributed by atoms with Crippen LogP contribution in [-0.2, 0) is 34.9 Å². The third kappa shape index (κ3) is 4.21. The highest BCUT2D eigenvalue weighted by Crippen LogP contribution is 2.37. The maximum Gasteiger partial charge on any atom is 0.331 e. The largest absolute Gasteiger partial charge is 0.376 e. The van der Waals surface area contributed by atoms with Gasteiger partial charge in [0, 0.05) is 25.4 Å². The van der Waals surface area contributed by atoms with Crippen LogP contribution in [0, 0.1) is 0 Å². The van der Waals surface area contributed by atoms with E-state index in [1.807, 2.05) is 0 Å². The number of nitrogens with zero attached hydrogens (tertiary/aromatic N) is 4. The van der Waals surface area contributed by atoms with Gasteiger partial charge in [-0.15, -0.1) is 0 Å². The number of ether oxygens (including phenoxy) is 1. The number of rotatable bonds is 8. The van der Waals surface area contributed by atoms with Gasteiger partial charge >= 0.3 is 5.69 Å². The molecule has 34 heavy (non-hydrogen) atoms. The zero-order valence-corrected chi connectivity index (χ0v) is 19.6. The fourth-order valence-corrected chi connectivity index (χ4v) is 5.84. The second-order valence-electron chi connectivity index (χ2n) is 9.14. The molecule has 1 aliphatic heterocycles. The van der Waals surface area contributed by atoms with E-state index in [0.717, 1.165) is 17.4 Å². The SMILES string of the molecule is Cn1cc(Cn2c(=O)c3cc(S(=O)(=O)NC4(CF)CC4)ccc3n(CC3CCCO3)c2=O)cn1. The van der Waals surface area contributed by atoms with Gasteiger partial charge in [-0.1, -0.05) is 0 Å². The fourth-order valence-electron chi connectivity index (χ4n) is 4.37. The zero-order chi connectivity index (χ0) is 24.1. The molecule has 1 N–H and O–H groups in total. The quantitative estimate of drug-likeness (QED) is 0.501. The molecule has 0 bridgehead atoms. The van der Waals surface area contributed by atoms with Gasteiger partial charge in [-0.3, -0.25) is 18.6 Å². The second-order valence-corrected chi connectivity index (χ2v) is 10.8. The van der Waals surface area contributed by atoms with Crippen molar-refractivity contribution >= 4 is 20.9 Å². The standard InChI is InChI=1S/C22H26FN5O5S/c1-26-11-15(10-24-26)12-28-20(29)18-9-17(34(31,32)25-22(14-23)6-7-22)4-5-19(18)27(21(28)30)13-16-3-2-8-33-16/h4-5,9-11,16,25H,2-3,6-8,12-14H2,1H3. The lowest BCUT2D eigenvalue weighted by molar-refractivity contribution is 0.0965. The van der Waals surface area contributed by atoms with E-state index in [4.69, 9.17) is 4.74 Å². The molecule has 0 spiro atoms.